The fraction of sp³-hybridized carbons (Fsp3) is 0.312. The van der Waals surface area contributed by atoms with Crippen LogP contribution in [0.1, 0.15) is 60.9 Å². The van der Waals surface area contributed by atoms with Gasteiger partial charge in [0, 0.05) is 47.2 Å². The lowest BCUT2D eigenvalue weighted by molar-refractivity contribution is 0.0657. The molecule has 2 fully saturated rings. The Bertz CT molecular complexity index is 2010. The normalized spacial score (nSPS) is 16.6. The van der Waals surface area contributed by atoms with Gasteiger partial charge in [0.25, 0.3) is 0 Å². The largest absolute Gasteiger partial charge is 0.381 e. The Kier molecular flexibility index (Phi) is 5.90. The molecule has 0 bridgehead atoms. The van der Waals surface area contributed by atoms with Crippen LogP contribution in [0.3, 0.4) is 0 Å². The minimum absolute atomic E-state index is 0.0282. The zero-order valence-electron chi connectivity index (χ0n) is 23.9. The Morgan fingerprint density at radius 3 is 2.79 bits per heavy atom. The van der Waals surface area contributed by atoms with Gasteiger partial charge in [0.15, 0.2) is 11.5 Å². The molecule has 1 saturated carbocycles. The lowest BCUT2D eigenvalue weighted by Crippen LogP contribution is -2.21. The van der Waals surface area contributed by atoms with Gasteiger partial charge >= 0.3 is 11.8 Å². The molecule has 216 valence electrons. The Morgan fingerprint density at radius 2 is 1.95 bits per heavy atom. The molecule has 0 unspecified atom stereocenters. The Morgan fingerprint density at radius 1 is 1.09 bits per heavy atom. The van der Waals surface area contributed by atoms with Gasteiger partial charge < -0.3 is 19.6 Å². The van der Waals surface area contributed by atoms with E-state index >= 15 is 0 Å². The number of aromatic amines is 1. The fourth-order valence-electron chi connectivity index (χ4n) is 5.94. The molecule has 2 aromatic carbocycles. The number of nitrogens with one attached hydrogen (secondary N) is 2. The number of amides is 1. The molecule has 1 saturated heterocycles. The van der Waals surface area contributed by atoms with E-state index in [1.165, 1.54) is 0 Å². The highest BCUT2D eigenvalue weighted by molar-refractivity contribution is 6.08. The molecule has 0 atom stereocenters. The highest BCUT2D eigenvalue weighted by Crippen LogP contribution is 2.46. The van der Waals surface area contributed by atoms with Gasteiger partial charge in [-0.25, -0.2) is 9.97 Å². The van der Waals surface area contributed by atoms with E-state index < -0.39 is 5.91 Å². The summed E-state index contributed by atoms with van der Waals surface area (Å²) >= 11 is 0. The summed E-state index contributed by atoms with van der Waals surface area (Å²) in [5.74, 6) is 0.890. The molecule has 2 N–H and O–H groups in total. The average molecular weight is 575 g/mol. The summed E-state index contributed by atoms with van der Waals surface area (Å²) in [6, 6.07) is 14.3. The molecular weight excluding hydrogens is 544 g/mol. The second kappa shape index (κ2) is 9.84. The lowest BCUT2D eigenvalue weighted by atomic mass is 10.0. The molecular formula is C32H30N8O3. The van der Waals surface area contributed by atoms with E-state index in [0.29, 0.717) is 23.2 Å². The number of benzene rings is 2. The number of imidazole rings is 1. The SMILES string of the molecule is Cc1c(-c2nc3nccc(-c4ccc5c(NC(=O)c6nc(C7(C)CC7)no6)cccc5c4)c3[nH]2)cnn1C1CCOCC1. The first-order chi connectivity index (χ1) is 21.0. The van der Waals surface area contributed by atoms with E-state index in [4.69, 9.17) is 19.3 Å². The Hall–Kier alpha value is -4.90. The van der Waals surface area contributed by atoms with Crippen molar-refractivity contribution in [2.24, 2.45) is 0 Å². The van der Waals surface area contributed by atoms with Gasteiger partial charge in [-0.2, -0.15) is 10.1 Å². The maximum Gasteiger partial charge on any atom is 0.316 e. The second-order valence-electron chi connectivity index (χ2n) is 11.8. The standard InChI is InChI=1S/C32H30N8O3/c1-18-24(17-34-40(18)21-9-14-42-15-10-21)27-36-26-23(8-13-33-28(26)37-27)20-6-7-22-19(16-20)4-3-5-25(22)35-29(41)30-38-31(39-43-30)32(2)11-12-32/h3-8,13,16-17,21H,9-12,14-15H2,1-2H3,(H,35,41)(H,33,36,37). The minimum Gasteiger partial charge on any atom is -0.381 e. The van der Waals surface area contributed by atoms with Gasteiger partial charge in [-0.15, -0.1) is 0 Å². The minimum atomic E-state index is -0.421. The molecule has 0 radical (unpaired) electrons. The van der Waals surface area contributed by atoms with Crippen molar-refractivity contribution in [3.63, 3.8) is 0 Å². The second-order valence-corrected chi connectivity index (χ2v) is 11.8. The molecule has 4 aromatic heterocycles. The number of anilines is 1. The van der Waals surface area contributed by atoms with Crippen LogP contribution in [0.15, 0.2) is 59.4 Å². The summed E-state index contributed by atoms with van der Waals surface area (Å²) in [4.78, 5) is 30.2. The number of carbonyl (C=O) groups is 1. The maximum absolute atomic E-state index is 13.0. The maximum atomic E-state index is 13.0. The predicted molar refractivity (Wildman–Crippen MR) is 161 cm³/mol. The van der Waals surface area contributed by atoms with Crippen LogP contribution >= 0.6 is 0 Å². The Balaban J connectivity index is 1.10. The van der Waals surface area contributed by atoms with Crippen molar-refractivity contribution in [1.29, 1.82) is 0 Å². The molecule has 1 amide bonds. The van der Waals surface area contributed by atoms with Crippen molar-refractivity contribution in [2.75, 3.05) is 18.5 Å². The van der Waals surface area contributed by atoms with Crippen molar-refractivity contribution in [1.82, 2.24) is 34.9 Å². The van der Waals surface area contributed by atoms with Crippen molar-refractivity contribution in [2.45, 2.75) is 51.0 Å². The third-order valence-electron chi connectivity index (χ3n) is 8.83. The van der Waals surface area contributed by atoms with E-state index in [1.807, 2.05) is 42.6 Å². The molecule has 6 aromatic rings. The number of ether oxygens (including phenoxy) is 1. The van der Waals surface area contributed by atoms with E-state index in [0.717, 1.165) is 83.4 Å². The molecule has 5 heterocycles. The number of hydrogen-bond donors (Lipinski definition) is 2. The number of H-pyrrole nitrogens is 1. The van der Waals surface area contributed by atoms with Crippen molar-refractivity contribution >= 4 is 33.5 Å². The number of pyridine rings is 1. The molecule has 11 heteroatoms. The summed E-state index contributed by atoms with van der Waals surface area (Å²) in [7, 11) is 0. The highest BCUT2D eigenvalue weighted by atomic mass is 16.5. The summed E-state index contributed by atoms with van der Waals surface area (Å²) in [6.45, 7) is 5.68. The molecule has 8 rings (SSSR count). The monoisotopic (exact) mass is 574 g/mol. The summed E-state index contributed by atoms with van der Waals surface area (Å²) in [6.07, 6.45) is 7.59. The third kappa shape index (κ3) is 4.47. The van der Waals surface area contributed by atoms with Crippen LogP contribution in [-0.2, 0) is 10.2 Å². The van der Waals surface area contributed by atoms with Gasteiger partial charge in [-0.1, -0.05) is 36.3 Å². The first-order valence-corrected chi connectivity index (χ1v) is 14.6. The molecule has 1 aliphatic carbocycles. The van der Waals surface area contributed by atoms with Gasteiger partial charge in [0.2, 0.25) is 0 Å². The molecule has 1 aliphatic heterocycles. The number of aromatic nitrogens is 7. The predicted octanol–water partition coefficient (Wildman–Crippen LogP) is 5.99. The van der Waals surface area contributed by atoms with Crippen LogP contribution in [0, 0.1) is 6.92 Å². The summed E-state index contributed by atoms with van der Waals surface area (Å²) in [5.41, 5.74) is 6.14. The summed E-state index contributed by atoms with van der Waals surface area (Å²) in [5, 5.41) is 13.6. The van der Waals surface area contributed by atoms with Gasteiger partial charge in [0.05, 0.1) is 23.3 Å². The number of fused-ring (bicyclic) bond motifs is 2. The molecule has 43 heavy (non-hydrogen) atoms. The summed E-state index contributed by atoms with van der Waals surface area (Å²) < 4.78 is 12.9. The lowest BCUT2D eigenvalue weighted by Gasteiger charge is -2.23. The molecule has 11 nitrogen and oxygen atoms in total. The van der Waals surface area contributed by atoms with Gasteiger partial charge in [-0.05, 0) is 61.8 Å². The van der Waals surface area contributed by atoms with E-state index in [2.05, 4.69) is 50.0 Å². The van der Waals surface area contributed by atoms with Crippen molar-refractivity contribution in [3.8, 4) is 22.5 Å². The smallest absolute Gasteiger partial charge is 0.316 e. The van der Waals surface area contributed by atoms with Crippen LogP contribution in [0.2, 0.25) is 0 Å². The number of rotatable bonds is 6. The van der Waals surface area contributed by atoms with E-state index in [1.54, 1.807) is 6.20 Å². The van der Waals surface area contributed by atoms with Crippen molar-refractivity contribution in [3.05, 3.63) is 72.3 Å². The van der Waals surface area contributed by atoms with E-state index in [9.17, 15) is 4.79 Å². The fourth-order valence-corrected chi connectivity index (χ4v) is 5.94. The van der Waals surface area contributed by atoms with Crippen LogP contribution in [0.5, 0.6) is 0 Å². The number of carbonyl (C=O) groups excluding carboxylic acids is 1. The van der Waals surface area contributed by atoms with Gasteiger partial charge in [-0.3, -0.25) is 9.48 Å². The molecule has 2 aliphatic rings. The number of hydrogen-bond acceptors (Lipinski definition) is 8. The van der Waals surface area contributed by atoms with Crippen LogP contribution in [0.4, 0.5) is 5.69 Å². The van der Waals surface area contributed by atoms with E-state index in [-0.39, 0.29) is 11.3 Å². The number of nitrogens with zero attached hydrogens (tertiary/aromatic N) is 6. The van der Waals surface area contributed by atoms with Crippen LogP contribution in [-0.4, -0.2) is 54.0 Å². The van der Waals surface area contributed by atoms with Crippen LogP contribution < -0.4 is 5.32 Å². The Labute approximate surface area is 246 Å². The highest BCUT2D eigenvalue weighted by Gasteiger charge is 2.44. The first-order valence-electron chi connectivity index (χ1n) is 14.6. The molecule has 0 spiro atoms. The van der Waals surface area contributed by atoms with Crippen molar-refractivity contribution < 1.29 is 14.1 Å². The average Bonchev–Trinajstić information content (AvgIpc) is 3.40. The topological polar surface area (TPSA) is 137 Å². The zero-order chi connectivity index (χ0) is 29.1. The third-order valence-corrected chi connectivity index (χ3v) is 8.83. The quantitative estimate of drug-likeness (QED) is 0.248. The van der Waals surface area contributed by atoms with Gasteiger partial charge in [0.1, 0.15) is 5.82 Å². The first kappa shape index (κ1) is 25.8. The zero-order valence-corrected chi connectivity index (χ0v) is 23.9. The van der Waals surface area contributed by atoms with Crippen LogP contribution in [0.25, 0.3) is 44.5 Å².